The number of aryl methyl sites for hydroxylation is 2. The Hall–Kier alpha value is -1.03. The molecule has 3 N–H and O–H groups in total. The number of nitrogens with one attached hydrogen (secondary N) is 1. The number of hydrogen-bond donors (Lipinski definition) is 2. The summed E-state index contributed by atoms with van der Waals surface area (Å²) in [7, 11) is 0. The van der Waals surface area contributed by atoms with Gasteiger partial charge in [-0.25, -0.2) is 0 Å². The summed E-state index contributed by atoms with van der Waals surface area (Å²) in [6.45, 7) is 4.57. The van der Waals surface area contributed by atoms with Gasteiger partial charge in [0.2, 0.25) is 0 Å². The fraction of sp³-hybridized carbons (Fsp3) is 0.500. The molecule has 0 bridgehead atoms. The standard InChI is InChI=1S/C8H13ClN4/c1-3-13-6(4-7(10)11)8(9)5(2)12-13/h3-4H2,1-2H3,(H3,10,11). The topological polar surface area (TPSA) is 67.7 Å². The molecule has 1 aromatic rings. The van der Waals surface area contributed by atoms with Crippen LogP contribution in [0.15, 0.2) is 0 Å². The van der Waals surface area contributed by atoms with Crippen molar-refractivity contribution in [1.29, 1.82) is 5.41 Å². The van der Waals surface area contributed by atoms with Crippen LogP contribution in [0.2, 0.25) is 5.02 Å². The molecular formula is C8H13ClN4. The van der Waals surface area contributed by atoms with Gasteiger partial charge < -0.3 is 5.73 Å². The predicted molar refractivity (Wildman–Crippen MR) is 53.3 cm³/mol. The van der Waals surface area contributed by atoms with Crippen molar-refractivity contribution in [3.05, 3.63) is 16.4 Å². The van der Waals surface area contributed by atoms with E-state index in [1.165, 1.54) is 0 Å². The number of rotatable bonds is 3. The van der Waals surface area contributed by atoms with Crippen LogP contribution in [0.5, 0.6) is 0 Å². The Labute approximate surface area is 82.2 Å². The van der Waals surface area contributed by atoms with Gasteiger partial charge in [0, 0.05) is 13.0 Å². The van der Waals surface area contributed by atoms with Gasteiger partial charge in [-0.3, -0.25) is 10.1 Å². The van der Waals surface area contributed by atoms with Crippen LogP contribution in [0.1, 0.15) is 18.3 Å². The summed E-state index contributed by atoms with van der Waals surface area (Å²) in [5.41, 5.74) is 6.93. The Kier molecular flexibility index (Phi) is 2.93. The quantitative estimate of drug-likeness (QED) is 0.571. The van der Waals surface area contributed by atoms with Crippen LogP contribution in [-0.4, -0.2) is 15.6 Å². The van der Waals surface area contributed by atoms with Crippen molar-refractivity contribution in [2.75, 3.05) is 0 Å². The molecule has 5 heteroatoms. The lowest BCUT2D eigenvalue weighted by Gasteiger charge is -2.03. The molecule has 0 fully saturated rings. The molecule has 0 aromatic carbocycles. The maximum atomic E-state index is 7.19. The van der Waals surface area contributed by atoms with Gasteiger partial charge >= 0.3 is 0 Å². The number of aromatic nitrogens is 2. The van der Waals surface area contributed by atoms with E-state index in [4.69, 9.17) is 22.7 Å². The van der Waals surface area contributed by atoms with Gasteiger partial charge in [-0.05, 0) is 13.8 Å². The van der Waals surface area contributed by atoms with E-state index in [1.807, 2.05) is 13.8 Å². The van der Waals surface area contributed by atoms with Crippen molar-refractivity contribution < 1.29 is 0 Å². The summed E-state index contributed by atoms with van der Waals surface area (Å²) in [5.74, 6) is 0.108. The van der Waals surface area contributed by atoms with E-state index >= 15 is 0 Å². The van der Waals surface area contributed by atoms with Gasteiger partial charge in [0.1, 0.15) is 0 Å². The number of hydrogen-bond acceptors (Lipinski definition) is 2. The van der Waals surface area contributed by atoms with Crippen LogP contribution in [-0.2, 0) is 13.0 Å². The van der Waals surface area contributed by atoms with Crippen molar-refractivity contribution in [3.8, 4) is 0 Å². The normalized spacial score (nSPS) is 10.4. The van der Waals surface area contributed by atoms with E-state index in [2.05, 4.69) is 5.10 Å². The van der Waals surface area contributed by atoms with Gasteiger partial charge in [0.05, 0.1) is 22.2 Å². The highest BCUT2D eigenvalue weighted by molar-refractivity contribution is 6.32. The first-order valence-corrected chi connectivity index (χ1v) is 4.48. The van der Waals surface area contributed by atoms with E-state index < -0.39 is 0 Å². The molecule has 0 aliphatic carbocycles. The van der Waals surface area contributed by atoms with Gasteiger partial charge in [0.15, 0.2) is 0 Å². The largest absolute Gasteiger partial charge is 0.387 e. The van der Waals surface area contributed by atoms with Crippen LogP contribution in [0.4, 0.5) is 0 Å². The minimum Gasteiger partial charge on any atom is -0.387 e. The summed E-state index contributed by atoms with van der Waals surface area (Å²) in [4.78, 5) is 0. The molecule has 13 heavy (non-hydrogen) atoms. The molecule has 0 aliphatic heterocycles. The van der Waals surface area contributed by atoms with E-state index in [0.29, 0.717) is 11.4 Å². The van der Waals surface area contributed by atoms with Gasteiger partial charge in [0.25, 0.3) is 0 Å². The lowest BCUT2D eigenvalue weighted by molar-refractivity contribution is 0.628. The molecule has 0 saturated heterocycles. The van der Waals surface area contributed by atoms with E-state index in [9.17, 15) is 0 Å². The lowest BCUT2D eigenvalue weighted by Crippen LogP contribution is -2.16. The van der Waals surface area contributed by atoms with Crippen LogP contribution in [0.3, 0.4) is 0 Å². The second kappa shape index (κ2) is 3.79. The first kappa shape index (κ1) is 10.1. The van der Waals surface area contributed by atoms with Gasteiger partial charge in [-0.15, -0.1) is 0 Å². The summed E-state index contributed by atoms with van der Waals surface area (Å²) in [5, 5.41) is 12.0. The fourth-order valence-electron chi connectivity index (χ4n) is 1.22. The Morgan fingerprint density at radius 1 is 1.69 bits per heavy atom. The second-order valence-corrected chi connectivity index (χ2v) is 3.24. The molecule has 0 saturated carbocycles. The molecule has 1 heterocycles. The Morgan fingerprint density at radius 3 is 2.77 bits per heavy atom. The summed E-state index contributed by atoms with van der Waals surface area (Å²) in [6.07, 6.45) is 0.369. The minimum atomic E-state index is 0.108. The molecule has 1 aromatic heterocycles. The third kappa shape index (κ3) is 2.01. The zero-order valence-electron chi connectivity index (χ0n) is 7.76. The molecule has 0 amide bonds. The Morgan fingerprint density at radius 2 is 2.31 bits per heavy atom. The molecule has 0 atom stereocenters. The molecule has 0 aliphatic rings. The van der Waals surface area contributed by atoms with Crippen LogP contribution < -0.4 is 5.73 Å². The fourth-order valence-corrected chi connectivity index (χ4v) is 1.42. The summed E-state index contributed by atoms with van der Waals surface area (Å²) < 4.78 is 1.78. The zero-order chi connectivity index (χ0) is 10.0. The molecule has 0 radical (unpaired) electrons. The highest BCUT2D eigenvalue weighted by Gasteiger charge is 2.12. The van der Waals surface area contributed by atoms with E-state index in [-0.39, 0.29) is 5.84 Å². The molecule has 0 unspecified atom stereocenters. The highest BCUT2D eigenvalue weighted by Crippen LogP contribution is 2.20. The van der Waals surface area contributed by atoms with Crippen LogP contribution in [0.25, 0.3) is 0 Å². The van der Waals surface area contributed by atoms with Crippen molar-refractivity contribution in [2.24, 2.45) is 5.73 Å². The third-order valence-corrected chi connectivity index (χ3v) is 2.30. The minimum absolute atomic E-state index is 0.108. The van der Waals surface area contributed by atoms with Crippen molar-refractivity contribution in [3.63, 3.8) is 0 Å². The lowest BCUT2D eigenvalue weighted by atomic mass is 10.2. The van der Waals surface area contributed by atoms with Crippen LogP contribution >= 0.6 is 11.6 Å². The van der Waals surface area contributed by atoms with Gasteiger partial charge in [-0.2, -0.15) is 5.10 Å². The smallest absolute Gasteiger partial charge is 0.0966 e. The molecule has 0 spiro atoms. The maximum absolute atomic E-state index is 7.19. The Bertz CT molecular complexity index is 329. The first-order valence-electron chi connectivity index (χ1n) is 4.11. The van der Waals surface area contributed by atoms with Crippen molar-refractivity contribution >= 4 is 17.4 Å². The number of nitrogens with zero attached hydrogens (tertiary/aromatic N) is 2. The third-order valence-electron chi connectivity index (χ3n) is 1.81. The zero-order valence-corrected chi connectivity index (χ0v) is 8.52. The number of nitrogens with two attached hydrogens (primary N) is 1. The summed E-state index contributed by atoms with van der Waals surface area (Å²) >= 11 is 6.00. The molecular weight excluding hydrogens is 188 g/mol. The van der Waals surface area contributed by atoms with E-state index in [0.717, 1.165) is 17.9 Å². The number of amidine groups is 1. The molecule has 4 nitrogen and oxygen atoms in total. The average molecular weight is 201 g/mol. The van der Waals surface area contributed by atoms with E-state index in [1.54, 1.807) is 4.68 Å². The van der Waals surface area contributed by atoms with Crippen molar-refractivity contribution in [2.45, 2.75) is 26.8 Å². The first-order chi connectivity index (χ1) is 6.06. The van der Waals surface area contributed by atoms with Crippen molar-refractivity contribution in [1.82, 2.24) is 9.78 Å². The summed E-state index contributed by atoms with van der Waals surface area (Å²) in [6, 6.07) is 0. The molecule has 72 valence electrons. The monoisotopic (exact) mass is 200 g/mol. The maximum Gasteiger partial charge on any atom is 0.0966 e. The SMILES string of the molecule is CCn1nc(C)c(Cl)c1CC(=N)N. The number of halogens is 1. The van der Waals surface area contributed by atoms with Crippen LogP contribution in [0, 0.1) is 12.3 Å². The predicted octanol–water partition coefficient (Wildman–Crippen LogP) is 1.34. The van der Waals surface area contributed by atoms with Gasteiger partial charge in [-0.1, -0.05) is 11.6 Å². The Balaban J connectivity index is 3.08. The molecule has 1 rings (SSSR count). The second-order valence-electron chi connectivity index (χ2n) is 2.86. The highest BCUT2D eigenvalue weighted by atomic mass is 35.5. The average Bonchev–Trinajstić information content (AvgIpc) is 2.31.